The van der Waals surface area contributed by atoms with Crippen LogP contribution >= 0.6 is 39.3 Å². The Bertz CT molecular complexity index is 577. The normalized spacial score (nSPS) is 10.6. The summed E-state index contributed by atoms with van der Waals surface area (Å²) in [4.78, 5) is 1.00. The smallest absolute Gasteiger partial charge is 0.123 e. The number of thioether (sulfide) groups is 1. The first kappa shape index (κ1) is 13.7. The van der Waals surface area contributed by atoms with Crippen LogP contribution in [0.25, 0.3) is 0 Å². The number of rotatable bonds is 3. The van der Waals surface area contributed by atoms with Gasteiger partial charge >= 0.3 is 0 Å². The molecule has 0 amide bonds. The molecule has 0 aliphatic carbocycles. The maximum atomic E-state index is 13.1. The first-order valence-corrected chi connectivity index (χ1v) is 7.33. The highest BCUT2D eigenvalue weighted by atomic mass is 79.9. The molecule has 2 N–H and O–H groups in total. The fourth-order valence-electron chi connectivity index (χ4n) is 1.41. The standard InChI is InChI=1S/C13H10BrClFNS/c14-11-3-1-9(16)5-8(11)7-18-10-2-4-13(17)12(15)6-10/h1-6H,7,17H2. The largest absolute Gasteiger partial charge is 0.398 e. The van der Waals surface area contributed by atoms with Crippen molar-refractivity contribution in [3.63, 3.8) is 0 Å². The molecule has 0 aromatic heterocycles. The first-order valence-electron chi connectivity index (χ1n) is 5.18. The summed E-state index contributed by atoms with van der Waals surface area (Å²) in [7, 11) is 0. The van der Waals surface area contributed by atoms with Gasteiger partial charge in [-0.05, 0) is 42.0 Å². The van der Waals surface area contributed by atoms with Crippen molar-refractivity contribution < 1.29 is 4.39 Å². The fraction of sp³-hybridized carbons (Fsp3) is 0.0769. The van der Waals surface area contributed by atoms with Crippen LogP contribution in [-0.2, 0) is 5.75 Å². The average molecular weight is 347 g/mol. The highest BCUT2D eigenvalue weighted by Gasteiger charge is 2.04. The van der Waals surface area contributed by atoms with Crippen LogP contribution in [0.5, 0.6) is 0 Å². The van der Waals surface area contributed by atoms with Crippen molar-refractivity contribution >= 4 is 45.0 Å². The second-order valence-electron chi connectivity index (χ2n) is 3.71. The maximum Gasteiger partial charge on any atom is 0.123 e. The minimum absolute atomic E-state index is 0.232. The molecule has 0 bridgehead atoms. The van der Waals surface area contributed by atoms with E-state index < -0.39 is 0 Å². The zero-order chi connectivity index (χ0) is 13.1. The number of nitrogens with two attached hydrogens (primary N) is 1. The topological polar surface area (TPSA) is 26.0 Å². The molecule has 94 valence electrons. The van der Waals surface area contributed by atoms with Gasteiger partial charge in [-0.15, -0.1) is 11.8 Å². The highest BCUT2D eigenvalue weighted by molar-refractivity contribution is 9.10. The number of hydrogen-bond donors (Lipinski definition) is 1. The predicted octanol–water partition coefficient (Wildman–Crippen LogP) is 5.12. The zero-order valence-electron chi connectivity index (χ0n) is 9.29. The number of nitrogen functional groups attached to an aromatic ring is 1. The quantitative estimate of drug-likeness (QED) is 0.617. The van der Waals surface area contributed by atoms with Crippen LogP contribution in [0.15, 0.2) is 45.8 Å². The summed E-state index contributed by atoms with van der Waals surface area (Å²) in [6.07, 6.45) is 0. The monoisotopic (exact) mass is 345 g/mol. The summed E-state index contributed by atoms with van der Waals surface area (Å²) in [5.41, 5.74) is 7.11. The lowest BCUT2D eigenvalue weighted by Gasteiger charge is -2.06. The van der Waals surface area contributed by atoms with Gasteiger partial charge in [0.15, 0.2) is 0 Å². The first-order chi connectivity index (χ1) is 8.56. The molecule has 0 aliphatic rings. The minimum Gasteiger partial charge on any atom is -0.398 e. The van der Waals surface area contributed by atoms with Gasteiger partial charge in [-0.1, -0.05) is 27.5 Å². The molecule has 0 aliphatic heterocycles. The number of anilines is 1. The molecule has 2 aromatic rings. The van der Waals surface area contributed by atoms with Gasteiger partial charge < -0.3 is 5.73 Å². The van der Waals surface area contributed by atoms with E-state index in [-0.39, 0.29) is 5.82 Å². The second-order valence-corrected chi connectivity index (χ2v) is 6.02. The summed E-state index contributed by atoms with van der Waals surface area (Å²) < 4.78 is 14.0. The Morgan fingerprint density at radius 1 is 1.22 bits per heavy atom. The van der Waals surface area contributed by atoms with Crippen LogP contribution in [0.1, 0.15) is 5.56 Å². The van der Waals surface area contributed by atoms with Crippen LogP contribution in [-0.4, -0.2) is 0 Å². The molecule has 0 saturated carbocycles. The molecule has 0 unspecified atom stereocenters. The molecule has 0 fully saturated rings. The molecule has 0 radical (unpaired) electrons. The summed E-state index contributed by atoms with van der Waals surface area (Å²) in [6.45, 7) is 0. The van der Waals surface area contributed by atoms with E-state index in [1.54, 1.807) is 23.9 Å². The van der Waals surface area contributed by atoms with E-state index in [1.807, 2.05) is 12.1 Å². The SMILES string of the molecule is Nc1ccc(SCc2cc(F)ccc2Br)cc1Cl. The van der Waals surface area contributed by atoms with Crippen LogP contribution in [0.2, 0.25) is 5.02 Å². The Hall–Kier alpha value is -0.710. The minimum atomic E-state index is -0.232. The molecular weight excluding hydrogens is 337 g/mol. The van der Waals surface area contributed by atoms with E-state index in [9.17, 15) is 4.39 Å². The molecular formula is C13H10BrClFNS. The van der Waals surface area contributed by atoms with E-state index in [0.717, 1.165) is 14.9 Å². The van der Waals surface area contributed by atoms with Crippen LogP contribution in [0.3, 0.4) is 0 Å². The molecule has 1 nitrogen and oxygen atoms in total. The molecule has 2 rings (SSSR count). The lowest BCUT2D eigenvalue weighted by Crippen LogP contribution is -1.87. The number of hydrogen-bond acceptors (Lipinski definition) is 2. The van der Waals surface area contributed by atoms with Gasteiger partial charge in [0.1, 0.15) is 5.82 Å². The van der Waals surface area contributed by atoms with Crippen LogP contribution in [0, 0.1) is 5.82 Å². The summed E-state index contributed by atoms with van der Waals surface area (Å²) >= 11 is 10.9. The van der Waals surface area contributed by atoms with Gasteiger partial charge in [-0.2, -0.15) is 0 Å². The molecule has 18 heavy (non-hydrogen) atoms. The molecule has 0 spiro atoms. The Morgan fingerprint density at radius 3 is 2.72 bits per heavy atom. The number of benzene rings is 2. The van der Waals surface area contributed by atoms with Crippen molar-refractivity contribution in [1.82, 2.24) is 0 Å². The lowest BCUT2D eigenvalue weighted by atomic mass is 10.2. The predicted molar refractivity (Wildman–Crippen MR) is 79.5 cm³/mol. The molecule has 0 saturated heterocycles. The second kappa shape index (κ2) is 5.95. The van der Waals surface area contributed by atoms with Gasteiger partial charge in [-0.25, -0.2) is 4.39 Å². The van der Waals surface area contributed by atoms with E-state index >= 15 is 0 Å². The number of halogens is 3. The molecule has 0 atom stereocenters. The van der Waals surface area contributed by atoms with Gasteiger partial charge in [-0.3, -0.25) is 0 Å². The Kier molecular flexibility index (Phi) is 4.54. The molecule has 5 heteroatoms. The van der Waals surface area contributed by atoms with Gasteiger partial charge in [0.25, 0.3) is 0 Å². The highest BCUT2D eigenvalue weighted by Crippen LogP contribution is 2.30. The van der Waals surface area contributed by atoms with E-state index in [2.05, 4.69) is 15.9 Å². The van der Waals surface area contributed by atoms with Crippen molar-refractivity contribution in [1.29, 1.82) is 0 Å². The van der Waals surface area contributed by atoms with Gasteiger partial charge in [0, 0.05) is 15.1 Å². The van der Waals surface area contributed by atoms with Crippen molar-refractivity contribution in [3.05, 3.63) is 57.3 Å². The van der Waals surface area contributed by atoms with Crippen LogP contribution in [0.4, 0.5) is 10.1 Å². The third-order valence-corrected chi connectivity index (χ3v) is 4.52. The van der Waals surface area contributed by atoms with Crippen molar-refractivity contribution in [3.8, 4) is 0 Å². The third-order valence-electron chi connectivity index (χ3n) is 2.37. The summed E-state index contributed by atoms with van der Waals surface area (Å²) in [6, 6.07) is 10.1. The Balaban J connectivity index is 2.11. The van der Waals surface area contributed by atoms with Crippen molar-refractivity contribution in [2.24, 2.45) is 0 Å². The average Bonchev–Trinajstić information content (AvgIpc) is 2.34. The maximum absolute atomic E-state index is 13.1. The summed E-state index contributed by atoms with van der Waals surface area (Å²) in [5, 5.41) is 0.540. The Labute approximate surface area is 123 Å². The van der Waals surface area contributed by atoms with E-state index in [1.165, 1.54) is 12.1 Å². The van der Waals surface area contributed by atoms with Crippen molar-refractivity contribution in [2.45, 2.75) is 10.6 Å². The van der Waals surface area contributed by atoms with Gasteiger partial charge in [0.2, 0.25) is 0 Å². The van der Waals surface area contributed by atoms with E-state index in [0.29, 0.717) is 16.5 Å². The third kappa shape index (κ3) is 3.40. The lowest BCUT2D eigenvalue weighted by molar-refractivity contribution is 0.626. The summed E-state index contributed by atoms with van der Waals surface area (Å²) in [5.74, 6) is 0.433. The fourth-order valence-corrected chi connectivity index (χ4v) is 3.16. The van der Waals surface area contributed by atoms with Crippen molar-refractivity contribution in [2.75, 3.05) is 5.73 Å². The molecule has 0 heterocycles. The van der Waals surface area contributed by atoms with Crippen LogP contribution < -0.4 is 5.73 Å². The Morgan fingerprint density at radius 2 is 2.00 bits per heavy atom. The molecule has 2 aromatic carbocycles. The van der Waals surface area contributed by atoms with Gasteiger partial charge in [0.05, 0.1) is 10.7 Å². The zero-order valence-corrected chi connectivity index (χ0v) is 12.4. The van der Waals surface area contributed by atoms with E-state index in [4.69, 9.17) is 17.3 Å².